The average Bonchev–Trinajstić information content (AvgIpc) is 2.96. The maximum absolute atomic E-state index is 5.05. The van der Waals surface area contributed by atoms with Crippen LogP contribution in [0.2, 0.25) is 0 Å². The SMILES string of the molecule is COCCCn1ccnc1NCc1cnn(C)c1. The lowest BCUT2D eigenvalue weighted by molar-refractivity contribution is 0.190. The number of imidazole rings is 1. The van der Waals surface area contributed by atoms with E-state index in [2.05, 4.69) is 20.0 Å². The van der Waals surface area contributed by atoms with Gasteiger partial charge in [-0.3, -0.25) is 4.68 Å². The number of methoxy groups -OCH3 is 1. The lowest BCUT2D eigenvalue weighted by Gasteiger charge is -2.08. The fraction of sp³-hybridized carbons (Fsp3) is 0.500. The van der Waals surface area contributed by atoms with Crippen LogP contribution in [-0.2, 0) is 24.9 Å². The first kappa shape index (κ1) is 12.6. The van der Waals surface area contributed by atoms with Crippen LogP contribution in [-0.4, -0.2) is 33.0 Å². The Balaban J connectivity index is 1.87. The van der Waals surface area contributed by atoms with Crippen molar-refractivity contribution in [3.63, 3.8) is 0 Å². The number of nitrogens with one attached hydrogen (secondary N) is 1. The molecule has 1 N–H and O–H groups in total. The first-order valence-electron chi connectivity index (χ1n) is 6.01. The van der Waals surface area contributed by atoms with E-state index < -0.39 is 0 Å². The van der Waals surface area contributed by atoms with Crippen LogP contribution in [0.3, 0.4) is 0 Å². The first-order chi connectivity index (χ1) is 8.79. The normalized spacial score (nSPS) is 10.8. The molecule has 0 spiro atoms. The zero-order chi connectivity index (χ0) is 12.8. The Kier molecular flexibility index (Phi) is 4.35. The topological polar surface area (TPSA) is 56.9 Å². The van der Waals surface area contributed by atoms with Gasteiger partial charge in [-0.25, -0.2) is 4.98 Å². The van der Waals surface area contributed by atoms with Crippen molar-refractivity contribution in [1.29, 1.82) is 0 Å². The number of rotatable bonds is 7. The van der Waals surface area contributed by atoms with Crippen LogP contribution >= 0.6 is 0 Å². The summed E-state index contributed by atoms with van der Waals surface area (Å²) in [4.78, 5) is 4.30. The summed E-state index contributed by atoms with van der Waals surface area (Å²) in [5.41, 5.74) is 1.14. The van der Waals surface area contributed by atoms with Crippen LogP contribution in [0.15, 0.2) is 24.8 Å². The van der Waals surface area contributed by atoms with Gasteiger partial charge in [0, 0.05) is 58.0 Å². The van der Waals surface area contributed by atoms with Gasteiger partial charge in [0.1, 0.15) is 0 Å². The van der Waals surface area contributed by atoms with Crippen LogP contribution in [0, 0.1) is 0 Å². The molecule has 2 rings (SSSR count). The molecule has 0 atom stereocenters. The zero-order valence-electron chi connectivity index (χ0n) is 10.8. The van der Waals surface area contributed by atoms with Gasteiger partial charge in [-0.1, -0.05) is 0 Å². The van der Waals surface area contributed by atoms with Crippen molar-refractivity contribution in [2.75, 3.05) is 19.0 Å². The third-order valence-electron chi connectivity index (χ3n) is 2.67. The van der Waals surface area contributed by atoms with E-state index in [0.717, 1.165) is 37.6 Å². The second-order valence-electron chi connectivity index (χ2n) is 4.17. The number of hydrogen-bond donors (Lipinski definition) is 1. The van der Waals surface area contributed by atoms with Crippen molar-refractivity contribution in [2.45, 2.75) is 19.5 Å². The van der Waals surface area contributed by atoms with Crippen LogP contribution in [0.5, 0.6) is 0 Å². The Labute approximate surface area is 107 Å². The standard InChI is InChI=1S/C12H19N5O/c1-16-10-11(9-15-16)8-14-12-13-4-6-17(12)5-3-7-18-2/h4,6,9-10H,3,5,7-8H2,1-2H3,(H,13,14). The molecule has 98 valence electrons. The zero-order valence-corrected chi connectivity index (χ0v) is 10.8. The summed E-state index contributed by atoms with van der Waals surface area (Å²) in [6.45, 7) is 2.40. The second kappa shape index (κ2) is 6.20. The van der Waals surface area contributed by atoms with E-state index in [0.29, 0.717) is 0 Å². The highest BCUT2D eigenvalue weighted by Crippen LogP contribution is 2.07. The van der Waals surface area contributed by atoms with Crippen molar-refractivity contribution in [2.24, 2.45) is 7.05 Å². The number of aromatic nitrogens is 4. The molecule has 0 aromatic carbocycles. The molecule has 0 aliphatic rings. The molecular formula is C12H19N5O. The van der Waals surface area contributed by atoms with Gasteiger partial charge in [-0.15, -0.1) is 0 Å². The van der Waals surface area contributed by atoms with E-state index in [1.165, 1.54) is 0 Å². The molecule has 0 amide bonds. The number of aryl methyl sites for hydroxylation is 2. The van der Waals surface area contributed by atoms with Gasteiger partial charge in [-0.05, 0) is 6.42 Å². The summed E-state index contributed by atoms with van der Waals surface area (Å²) in [6, 6.07) is 0. The lowest BCUT2D eigenvalue weighted by atomic mass is 10.4. The Bertz CT molecular complexity index is 476. The predicted octanol–water partition coefficient (Wildman–Crippen LogP) is 1.27. The Morgan fingerprint density at radius 3 is 3.06 bits per heavy atom. The lowest BCUT2D eigenvalue weighted by Crippen LogP contribution is -2.08. The first-order valence-corrected chi connectivity index (χ1v) is 6.01. The van der Waals surface area contributed by atoms with Gasteiger partial charge in [0.25, 0.3) is 0 Å². The van der Waals surface area contributed by atoms with Crippen molar-refractivity contribution in [3.8, 4) is 0 Å². The van der Waals surface area contributed by atoms with Gasteiger partial charge in [0.15, 0.2) is 0 Å². The van der Waals surface area contributed by atoms with Gasteiger partial charge in [0.05, 0.1) is 6.20 Å². The molecule has 6 nitrogen and oxygen atoms in total. The molecule has 0 unspecified atom stereocenters. The average molecular weight is 249 g/mol. The molecule has 2 heterocycles. The summed E-state index contributed by atoms with van der Waals surface area (Å²) in [7, 11) is 3.63. The van der Waals surface area contributed by atoms with E-state index >= 15 is 0 Å². The Hall–Kier alpha value is -1.82. The van der Waals surface area contributed by atoms with Crippen molar-refractivity contribution in [1.82, 2.24) is 19.3 Å². The molecule has 0 saturated carbocycles. The van der Waals surface area contributed by atoms with Crippen LogP contribution in [0.25, 0.3) is 0 Å². The molecule has 0 radical (unpaired) electrons. The summed E-state index contributed by atoms with van der Waals surface area (Å²) < 4.78 is 8.93. The maximum Gasteiger partial charge on any atom is 0.203 e. The minimum atomic E-state index is 0.731. The van der Waals surface area contributed by atoms with Crippen molar-refractivity contribution >= 4 is 5.95 Å². The van der Waals surface area contributed by atoms with Gasteiger partial charge in [0.2, 0.25) is 5.95 Å². The van der Waals surface area contributed by atoms with E-state index in [1.54, 1.807) is 18.0 Å². The molecule has 2 aromatic heterocycles. The Morgan fingerprint density at radius 2 is 2.33 bits per heavy atom. The third kappa shape index (κ3) is 3.33. The molecule has 2 aromatic rings. The van der Waals surface area contributed by atoms with Crippen LogP contribution < -0.4 is 5.32 Å². The highest BCUT2D eigenvalue weighted by molar-refractivity contribution is 5.27. The third-order valence-corrected chi connectivity index (χ3v) is 2.67. The fourth-order valence-corrected chi connectivity index (χ4v) is 1.78. The molecule has 0 aliphatic carbocycles. The Morgan fingerprint density at radius 1 is 1.44 bits per heavy atom. The summed E-state index contributed by atoms with van der Waals surface area (Å²) >= 11 is 0. The largest absolute Gasteiger partial charge is 0.385 e. The van der Waals surface area contributed by atoms with Gasteiger partial charge < -0.3 is 14.6 Å². The molecular weight excluding hydrogens is 230 g/mol. The smallest absolute Gasteiger partial charge is 0.203 e. The van der Waals surface area contributed by atoms with E-state index in [-0.39, 0.29) is 0 Å². The summed E-state index contributed by atoms with van der Waals surface area (Å²) in [6.07, 6.45) is 8.60. The second-order valence-corrected chi connectivity index (χ2v) is 4.17. The molecule has 0 fully saturated rings. The van der Waals surface area contributed by atoms with Gasteiger partial charge >= 0.3 is 0 Å². The van der Waals surface area contributed by atoms with Crippen molar-refractivity contribution in [3.05, 3.63) is 30.4 Å². The number of hydrogen-bond acceptors (Lipinski definition) is 4. The molecule has 0 bridgehead atoms. The molecule has 18 heavy (non-hydrogen) atoms. The quantitative estimate of drug-likeness (QED) is 0.751. The summed E-state index contributed by atoms with van der Waals surface area (Å²) in [5.74, 6) is 0.884. The molecule has 6 heteroatoms. The summed E-state index contributed by atoms with van der Waals surface area (Å²) in [5, 5.41) is 7.44. The number of ether oxygens (including phenoxy) is 1. The van der Waals surface area contributed by atoms with E-state index in [1.807, 2.05) is 25.6 Å². The number of nitrogens with zero attached hydrogens (tertiary/aromatic N) is 4. The fourth-order valence-electron chi connectivity index (χ4n) is 1.78. The van der Waals surface area contributed by atoms with Crippen molar-refractivity contribution < 1.29 is 4.74 Å². The highest BCUT2D eigenvalue weighted by atomic mass is 16.5. The number of anilines is 1. The predicted molar refractivity (Wildman–Crippen MR) is 69.3 cm³/mol. The molecule has 0 aliphatic heterocycles. The highest BCUT2D eigenvalue weighted by Gasteiger charge is 2.03. The van der Waals surface area contributed by atoms with Gasteiger partial charge in [-0.2, -0.15) is 5.10 Å². The van der Waals surface area contributed by atoms with Crippen LogP contribution in [0.1, 0.15) is 12.0 Å². The molecule has 0 saturated heterocycles. The van der Waals surface area contributed by atoms with E-state index in [4.69, 9.17) is 4.74 Å². The van der Waals surface area contributed by atoms with Crippen LogP contribution in [0.4, 0.5) is 5.95 Å². The minimum Gasteiger partial charge on any atom is -0.385 e. The monoisotopic (exact) mass is 249 g/mol. The minimum absolute atomic E-state index is 0.731. The maximum atomic E-state index is 5.05. The van der Waals surface area contributed by atoms with E-state index in [9.17, 15) is 0 Å².